The van der Waals surface area contributed by atoms with Gasteiger partial charge in [0.1, 0.15) is 24.4 Å². The largest absolute Gasteiger partial charge is 0.394 e. The van der Waals surface area contributed by atoms with Crippen molar-refractivity contribution in [3.05, 3.63) is 33.1 Å². The smallest absolute Gasteiger partial charge is 0.325 e. The van der Waals surface area contributed by atoms with Gasteiger partial charge in [-0.3, -0.25) is 9.78 Å². The zero-order valence-corrected chi connectivity index (χ0v) is 10.2. The number of rotatable bonds is 5. The number of aliphatic hydroxyl groups excluding tert-OH is 5. The molecule has 0 bridgehead atoms. The molecule has 7 N–H and O–H groups in total. The van der Waals surface area contributed by atoms with Crippen molar-refractivity contribution in [1.29, 1.82) is 0 Å². The Bertz CT molecular complexity index is 473. The molecule has 0 amide bonds. The molecule has 1 heterocycles. The van der Waals surface area contributed by atoms with Gasteiger partial charge in [0.15, 0.2) is 6.29 Å². The van der Waals surface area contributed by atoms with E-state index in [4.69, 9.17) is 25.5 Å². The Morgan fingerprint density at radius 2 is 1.75 bits per heavy atom. The SMILES string of the molecule is O=C[C@H](O)[C@@H](O)[C@H](O)[C@H](O)CO.O=c1cc[nH]c(=O)[nH]1. The Labute approximate surface area is 112 Å². The van der Waals surface area contributed by atoms with Crippen LogP contribution in [0.1, 0.15) is 0 Å². The van der Waals surface area contributed by atoms with E-state index in [0.717, 1.165) is 0 Å². The van der Waals surface area contributed by atoms with Gasteiger partial charge in [0, 0.05) is 12.3 Å². The molecular weight excluding hydrogens is 276 g/mol. The lowest BCUT2D eigenvalue weighted by Gasteiger charge is -2.22. The van der Waals surface area contributed by atoms with Gasteiger partial charge in [0.05, 0.1) is 6.61 Å². The number of hydrogen-bond donors (Lipinski definition) is 7. The van der Waals surface area contributed by atoms with Crippen LogP contribution < -0.4 is 11.2 Å². The maximum Gasteiger partial charge on any atom is 0.325 e. The molecule has 0 aromatic carbocycles. The first-order chi connectivity index (χ1) is 9.33. The van der Waals surface area contributed by atoms with Gasteiger partial charge in [0.25, 0.3) is 5.56 Å². The lowest BCUT2D eigenvalue weighted by Crippen LogP contribution is -2.46. The third kappa shape index (κ3) is 6.36. The van der Waals surface area contributed by atoms with Gasteiger partial charge in [-0.25, -0.2) is 4.79 Å². The zero-order valence-electron chi connectivity index (χ0n) is 10.2. The molecule has 0 unspecified atom stereocenters. The maximum absolute atomic E-state index is 10.2. The molecule has 1 rings (SSSR count). The van der Waals surface area contributed by atoms with Crippen LogP contribution in [0.3, 0.4) is 0 Å². The Morgan fingerprint density at radius 3 is 2.10 bits per heavy atom. The fraction of sp³-hybridized carbons (Fsp3) is 0.500. The van der Waals surface area contributed by atoms with Crippen molar-refractivity contribution in [3.8, 4) is 0 Å². The summed E-state index contributed by atoms with van der Waals surface area (Å²) in [7, 11) is 0. The first-order valence-electron chi connectivity index (χ1n) is 5.40. The minimum atomic E-state index is -1.79. The second kappa shape index (κ2) is 9.12. The van der Waals surface area contributed by atoms with Crippen LogP contribution in [0.2, 0.25) is 0 Å². The predicted octanol–water partition coefficient (Wildman–Crippen LogP) is -4.32. The molecule has 1 aromatic heterocycles. The summed E-state index contributed by atoms with van der Waals surface area (Å²) >= 11 is 0. The summed E-state index contributed by atoms with van der Waals surface area (Å²) in [6.45, 7) is -0.760. The van der Waals surface area contributed by atoms with Gasteiger partial charge in [-0.15, -0.1) is 0 Å². The minimum absolute atomic E-state index is 0.0258. The number of H-pyrrole nitrogens is 2. The third-order valence-electron chi connectivity index (χ3n) is 2.11. The molecular formula is C10H16N2O8. The summed E-state index contributed by atoms with van der Waals surface area (Å²) in [5.74, 6) is 0. The minimum Gasteiger partial charge on any atom is -0.394 e. The van der Waals surface area contributed by atoms with E-state index in [2.05, 4.69) is 4.98 Å². The van der Waals surface area contributed by atoms with Gasteiger partial charge < -0.3 is 35.3 Å². The third-order valence-corrected chi connectivity index (χ3v) is 2.11. The van der Waals surface area contributed by atoms with E-state index in [0.29, 0.717) is 0 Å². The van der Waals surface area contributed by atoms with Crippen molar-refractivity contribution in [1.82, 2.24) is 9.97 Å². The van der Waals surface area contributed by atoms with Gasteiger partial charge in [-0.05, 0) is 0 Å². The van der Waals surface area contributed by atoms with Crippen molar-refractivity contribution in [2.75, 3.05) is 6.61 Å². The highest BCUT2D eigenvalue weighted by Gasteiger charge is 2.29. The van der Waals surface area contributed by atoms with E-state index >= 15 is 0 Å². The number of aldehydes is 1. The quantitative estimate of drug-likeness (QED) is 0.266. The molecule has 0 saturated carbocycles. The molecule has 20 heavy (non-hydrogen) atoms. The van der Waals surface area contributed by atoms with Crippen LogP contribution in [-0.2, 0) is 4.79 Å². The number of hydrogen-bond acceptors (Lipinski definition) is 8. The van der Waals surface area contributed by atoms with E-state index in [1.165, 1.54) is 12.3 Å². The van der Waals surface area contributed by atoms with Crippen LogP contribution in [0.25, 0.3) is 0 Å². The highest BCUT2D eigenvalue weighted by molar-refractivity contribution is 5.56. The summed E-state index contributed by atoms with van der Waals surface area (Å²) in [4.78, 5) is 34.6. The fourth-order valence-corrected chi connectivity index (χ4v) is 1.00. The molecule has 0 aliphatic rings. The van der Waals surface area contributed by atoms with Crippen LogP contribution in [0.5, 0.6) is 0 Å². The van der Waals surface area contributed by atoms with Crippen molar-refractivity contribution in [2.24, 2.45) is 0 Å². The number of aliphatic hydroxyl groups is 5. The standard InChI is InChI=1S/C6H12O6.C4H4N2O2/c7-1-3(9)5(11)6(12)4(10)2-8;7-3-1-2-5-4(8)6-3/h1,3-6,8-12H,2H2;1-2H,(H2,5,6,7,8)/t3-,4+,5+,6+;/m0./s1. The molecule has 0 fully saturated rings. The molecule has 1 aromatic rings. The van der Waals surface area contributed by atoms with Gasteiger partial charge >= 0.3 is 5.69 Å². The number of carbonyl (C=O) groups excluding carboxylic acids is 1. The van der Waals surface area contributed by atoms with E-state index in [1.807, 2.05) is 4.98 Å². The van der Waals surface area contributed by atoms with Crippen LogP contribution in [-0.4, -0.2) is 72.8 Å². The average Bonchev–Trinajstić information content (AvgIpc) is 2.44. The Kier molecular flexibility index (Phi) is 8.27. The molecule has 114 valence electrons. The molecule has 0 spiro atoms. The Balaban J connectivity index is 0.000000388. The summed E-state index contributed by atoms with van der Waals surface area (Å²) in [6, 6.07) is 1.24. The highest BCUT2D eigenvalue weighted by Crippen LogP contribution is 2.02. The molecule has 4 atom stereocenters. The molecule has 0 aliphatic carbocycles. The number of aromatic nitrogens is 2. The predicted molar refractivity (Wildman–Crippen MR) is 64.9 cm³/mol. The van der Waals surface area contributed by atoms with E-state index < -0.39 is 36.7 Å². The van der Waals surface area contributed by atoms with Crippen LogP contribution in [0.4, 0.5) is 0 Å². The van der Waals surface area contributed by atoms with Gasteiger partial charge in [0.2, 0.25) is 0 Å². The topological polar surface area (TPSA) is 184 Å². The van der Waals surface area contributed by atoms with Crippen molar-refractivity contribution < 1.29 is 30.3 Å². The van der Waals surface area contributed by atoms with E-state index in [-0.39, 0.29) is 11.8 Å². The monoisotopic (exact) mass is 292 g/mol. The second-order valence-electron chi connectivity index (χ2n) is 3.65. The number of aromatic amines is 2. The molecule has 0 aliphatic heterocycles. The zero-order chi connectivity index (χ0) is 15.7. The van der Waals surface area contributed by atoms with E-state index in [1.54, 1.807) is 0 Å². The number of carbonyl (C=O) groups is 1. The average molecular weight is 292 g/mol. The highest BCUT2D eigenvalue weighted by atomic mass is 16.4. The van der Waals surface area contributed by atoms with Crippen LogP contribution >= 0.6 is 0 Å². The first kappa shape index (κ1) is 18.1. The van der Waals surface area contributed by atoms with Crippen LogP contribution in [0.15, 0.2) is 21.9 Å². The van der Waals surface area contributed by atoms with Crippen molar-refractivity contribution in [3.63, 3.8) is 0 Å². The molecule has 10 heteroatoms. The van der Waals surface area contributed by atoms with Crippen LogP contribution in [0, 0.1) is 0 Å². The summed E-state index contributed by atoms with van der Waals surface area (Å²) < 4.78 is 0. The Morgan fingerprint density at radius 1 is 1.15 bits per heavy atom. The first-order valence-corrected chi connectivity index (χ1v) is 5.40. The summed E-state index contributed by atoms with van der Waals surface area (Å²) in [5, 5.41) is 43.5. The normalized spacial score (nSPS) is 16.2. The molecule has 0 radical (unpaired) electrons. The van der Waals surface area contributed by atoms with E-state index in [9.17, 15) is 14.4 Å². The second-order valence-corrected chi connectivity index (χ2v) is 3.65. The van der Waals surface area contributed by atoms with Gasteiger partial charge in [-0.1, -0.05) is 0 Å². The fourth-order valence-electron chi connectivity index (χ4n) is 1.00. The molecule has 10 nitrogen and oxygen atoms in total. The summed E-state index contributed by atoms with van der Waals surface area (Å²) in [5.41, 5.74) is -0.855. The van der Waals surface area contributed by atoms with Crippen molar-refractivity contribution >= 4 is 6.29 Å². The Hall–Kier alpha value is -1.85. The molecule has 0 saturated heterocycles. The lowest BCUT2D eigenvalue weighted by molar-refractivity contribution is -0.136. The summed E-state index contributed by atoms with van der Waals surface area (Å²) in [6.07, 6.45) is -5.55. The van der Waals surface area contributed by atoms with Crippen molar-refractivity contribution in [2.45, 2.75) is 24.4 Å². The van der Waals surface area contributed by atoms with Gasteiger partial charge in [-0.2, -0.15) is 0 Å². The maximum atomic E-state index is 10.2. The lowest BCUT2D eigenvalue weighted by atomic mass is 10.0. The number of nitrogens with one attached hydrogen (secondary N) is 2.